The van der Waals surface area contributed by atoms with Crippen LogP contribution in [-0.2, 0) is 109 Å². The quantitative estimate of drug-likeness (QED) is 0.0290. The van der Waals surface area contributed by atoms with Crippen molar-refractivity contribution in [3.8, 4) is 0 Å². The van der Waals surface area contributed by atoms with Gasteiger partial charge in [-0.15, -0.1) is 0 Å². The number of rotatable bonds is 33. The molecule has 128 heavy (non-hydrogen) atoms. The Balaban J connectivity index is 0.989. The zero-order valence-electron chi connectivity index (χ0n) is 67.7. The Morgan fingerprint density at radius 2 is 0.406 bits per heavy atom. The topological polar surface area (TPSA) is 920 Å². The largest absolute Gasteiger partial charge is 0.394 e. The van der Waals surface area contributed by atoms with Gasteiger partial charge in [-0.05, 0) is 0 Å². The number of nitrogens with one attached hydrogen (secondary N) is 2. The Morgan fingerprint density at radius 3 is 0.742 bits per heavy atom. The summed E-state index contributed by atoms with van der Waals surface area (Å²) in [6.07, 6.45) is -118. The third-order valence-electron chi connectivity index (χ3n) is 23.8. The van der Waals surface area contributed by atoms with E-state index in [1.165, 1.54) is 0 Å². The van der Waals surface area contributed by atoms with Crippen LogP contribution in [0.1, 0.15) is 13.8 Å². The number of amides is 2. The maximum absolute atomic E-state index is 13.5. The standard InChI is InChI=1S/C70H118N2O56/c1-14(82)71-27-52(37(92)23(10-80)110-60(27)107)121-61-28(72-15(2)83)53(38(93)24(11-81)111-61)122-65-51(106)54(123-68-59(46(101)35(90)20(7-77)116-68)128-70-58(45(100)34(89)22(9-79)118-70)126-64-50(105)42(97)31(86)18(5-75)114-64)39(94)26(119-65)13-109-67-56(127-69-57(44(99)33(88)21(8-78)117-69)125-63-49(104)41(96)30(85)17(4-74)113-63)47(102)36(91)25(120-67)12-108-66-55(43(98)32(87)19(6-76)115-66)124-62-48(103)40(95)29(84)16(3-73)112-62/h16-70,73-81,84-107H,3-13H2,1-2H3,(H,71,82)(H,72,83)/t16-,17-,18-,19-,20-,21-,22-,23-,24-,25-,26-,27-,28-,29-,30-,31-,32-,33-,34-,35-,36-,37-,38-,39-,40+,41+,42+,43+,44+,45+,46+,47+,48+,49+,50+,51+,52-,53-,54+,55+,56+,57+,58+,59+,60?,61?,62-,63-,64-,65+,66+,67+,68-,69-,70-/m1/s1. The summed E-state index contributed by atoms with van der Waals surface area (Å²) < 4.78 is 124. The minimum absolute atomic E-state index is 0.877. The van der Waals surface area contributed by atoms with Crippen LogP contribution in [-0.4, -0.2) is 591 Å². The molecule has 0 aromatic carbocycles. The van der Waals surface area contributed by atoms with E-state index < -0.39 is 422 Å². The lowest BCUT2D eigenvalue weighted by atomic mass is 9.93. The number of hydrogen-bond acceptors (Lipinski definition) is 56. The molecular formula is C70H118N2O56. The molecule has 0 radical (unpaired) electrons. The number of aliphatic hydroxyl groups is 33. The van der Waals surface area contributed by atoms with Gasteiger partial charge in [-0.1, -0.05) is 0 Å². The van der Waals surface area contributed by atoms with E-state index in [9.17, 15) is 178 Å². The zero-order chi connectivity index (χ0) is 94.0. The van der Waals surface area contributed by atoms with E-state index in [1.54, 1.807) is 0 Å². The summed E-state index contributed by atoms with van der Waals surface area (Å²) in [5.74, 6) is -1.95. The van der Waals surface area contributed by atoms with E-state index >= 15 is 0 Å². The summed E-state index contributed by atoms with van der Waals surface area (Å²) in [7, 11) is 0. The third-order valence-corrected chi connectivity index (χ3v) is 23.8. The lowest BCUT2D eigenvalue weighted by molar-refractivity contribution is -0.409. The van der Waals surface area contributed by atoms with Crippen molar-refractivity contribution in [2.75, 3.05) is 72.7 Å². The number of aliphatic hydroxyl groups excluding tert-OH is 33. The van der Waals surface area contributed by atoms with E-state index in [1.807, 2.05) is 0 Å². The van der Waals surface area contributed by atoms with Gasteiger partial charge in [-0.3, -0.25) is 9.59 Å². The second-order valence-corrected chi connectivity index (χ2v) is 32.3. The molecule has 55 atom stereocenters. The van der Waals surface area contributed by atoms with Crippen LogP contribution in [0, 0.1) is 0 Å². The van der Waals surface area contributed by atoms with E-state index in [4.69, 9.17) is 99.5 Å². The Labute approximate surface area is 722 Å². The highest BCUT2D eigenvalue weighted by Gasteiger charge is 2.63. The Hall–Kier alpha value is -3.22. The van der Waals surface area contributed by atoms with Crippen molar-refractivity contribution in [1.29, 1.82) is 0 Å². The van der Waals surface area contributed by atoms with Crippen molar-refractivity contribution >= 4 is 11.8 Å². The normalized spacial score (nSPS) is 51.7. The molecule has 11 rings (SSSR count). The molecule has 2 amide bonds. The first-order valence-corrected chi connectivity index (χ1v) is 40.7. The smallest absolute Gasteiger partial charge is 0.217 e. The van der Waals surface area contributed by atoms with Gasteiger partial charge in [0.25, 0.3) is 0 Å². The van der Waals surface area contributed by atoms with Crippen LogP contribution < -0.4 is 10.6 Å². The molecule has 744 valence electrons. The van der Waals surface area contributed by atoms with Gasteiger partial charge >= 0.3 is 0 Å². The second kappa shape index (κ2) is 45.8. The van der Waals surface area contributed by atoms with Crippen LogP contribution in [0.25, 0.3) is 0 Å². The molecule has 0 aromatic heterocycles. The van der Waals surface area contributed by atoms with E-state index in [2.05, 4.69) is 10.6 Å². The molecular weight excluding hydrogens is 1760 g/mol. The van der Waals surface area contributed by atoms with Crippen molar-refractivity contribution in [2.45, 2.75) is 351 Å². The first-order chi connectivity index (χ1) is 60.7. The van der Waals surface area contributed by atoms with Gasteiger partial charge < -0.3 is 279 Å². The van der Waals surface area contributed by atoms with Gasteiger partial charge in [0.1, 0.15) is 268 Å². The van der Waals surface area contributed by atoms with Crippen LogP contribution in [0.3, 0.4) is 0 Å². The number of carbonyl (C=O) groups excluding carboxylic acids is 2. The molecule has 11 aliphatic heterocycles. The average Bonchev–Trinajstić information content (AvgIpc) is 0.770. The van der Waals surface area contributed by atoms with Crippen molar-refractivity contribution in [1.82, 2.24) is 10.6 Å². The number of carbonyl (C=O) groups is 2. The van der Waals surface area contributed by atoms with Gasteiger partial charge in [0.15, 0.2) is 69.2 Å². The fourth-order valence-electron chi connectivity index (χ4n) is 16.4. The highest BCUT2D eigenvalue weighted by atomic mass is 16.8. The predicted molar refractivity (Wildman–Crippen MR) is 386 cm³/mol. The molecule has 0 aromatic rings. The van der Waals surface area contributed by atoms with Gasteiger partial charge in [-0.25, -0.2) is 0 Å². The molecule has 0 bridgehead atoms. The maximum atomic E-state index is 13.5. The van der Waals surface area contributed by atoms with E-state index in [0.29, 0.717) is 0 Å². The summed E-state index contributed by atoms with van der Waals surface area (Å²) in [6.45, 7) is -11.0. The Bertz CT molecular complexity index is 3380. The minimum atomic E-state index is -2.75. The molecule has 58 heteroatoms. The molecule has 58 nitrogen and oxygen atoms in total. The summed E-state index contributed by atoms with van der Waals surface area (Å²) in [6, 6.07) is -3.89. The van der Waals surface area contributed by atoms with Crippen molar-refractivity contribution in [3.05, 3.63) is 0 Å². The molecule has 11 fully saturated rings. The van der Waals surface area contributed by atoms with Crippen molar-refractivity contribution in [2.24, 2.45) is 0 Å². The van der Waals surface area contributed by atoms with Crippen LogP contribution in [0.5, 0.6) is 0 Å². The van der Waals surface area contributed by atoms with Gasteiger partial charge in [0.2, 0.25) is 11.8 Å². The second-order valence-electron chi connectivity index (χ2n) is 32.3. The third kappa shape index (κ3) is 22.5. The highest BCUT2D eigenvalue weighted by molar-refractivity contribution is 5.73. The summed E-state index contributed by atoms with van der Waals surface area (Å²) in [4.78, 5) is 26.1. The van der Waals surface area contributed by atoms with Crippen LogP contribution in [0.15, 0.2) is 0 Å². The summed E-state index contributed by atoms with van der Waals surface area (Å²) in [5.41, 5.74) is 0. The van der Waals surface area contributed by atoms with Crippen LogP contribution in [0.2, 0.25) is 0 Å². The first-order valence-electron chi connectivity index (χ1n) is 40.7. The van der Waals surface area contributed by atoms with Gasteiger partial charge in [0, 0.05) is 13.8 Å². The van der Waals surface area contributed by atoms with E-state index in [-0.39, 0.29) is 0 Å². The van der Waals surface area contributed by atoms with Crippen LogP contribution >= 0.6 is 0 Å². The molecule has 11 aliphatic rings. The van der Waals surface area contributed by atoms with Crippen LogP contribution in [0.4, 0.5) is 0 Å². The molecule has 0 saturated carbocycles. The predicted octanol–water partition coefficient (Wildman–Crippen LogP) is -24.7. The molecule has 11 saturated heterocycles. The Morgan fingerprint density at radius 1 is 0.203 bits per heavy atom. The monoisotopic (exact) mass is 1880 g/mol. The lowest BCUT2D eigenvalue weighted by Gasteiger charge is -2.51. The van der Waals surface area contributed by atoms with Gasteiger partial charge in [0.05, 0.1) is 72.7 Å². The van der Waals surface area contributed by atoms with Crippen molar-refractivity contribution in [3.63, 3.8) is 0 Å². The van der Waals surface area contributed by atoms with E-state index in [0.717, 1.165) is 13.8 Å². The Kier molecular flexibility index (Phi) is 37.7. The first kappa shape index (κ1) is 105. The molecule has 0 aliphatic carbocycles. The average molecular weight is 1880 g/mol. The van der Waals surface area contributed by atoms with Crippen molar-refractivity contribution < 1.29 is 278 Å². The molecule has 2 unspecified atom stereocenters. The van der Waals surface area contributed by atoms with Gasteiger partial charge in [-0.2, -0.15) is 0 Å². The lowest BCUT2D eigenvalue weighted by Crippen LogP contribution is -2.71. The number of hydrogen-bond donors (Lipinski definition) is 35. The fourth-order valence-corrected chi connectivity index (χ4v) is 16.4. The SMILES string of the molecule is CC(=O)N[C@H]1C(O)O[C@H](CO)[C@@H](O)[C@@H]1OC1O[C@H](CO)[C@@H](O)[C@H](O[C@@H]2O[C@H](CO[C@H]3O[C@H](CO[C@H]4O[C@H](CO)[C@@H](O)[C@H](O)[C@@H]4O[C@H]4O[C@H](CO)[C@@H](O)[C@H](O)[C@@H]4O)[C@@H](O)[C@H](O)[C@@H]3O[C@H]3O[C@H](CO)[C@@H](O)[C@H](O)[C@@H]3O[C@H]3O[C@H](CO)[C@@H](O)[C@H](O)[C@@H]3O)[C@@H](O)[C@H](O[C@H]3O[C@H](CO)[C@@H](O)[C@H](O)[C@@H]3O[C@H]3O[C@H](CO)[C@@H](O)[C@H](O)[C@@H]3O[C@H]3O[C@H](CO)[C@@H](O)[C@H](O)[C@@H]3O)[C@@H]2O)[C@H]1NC(C)=O. The highest BCUT2D eigenvalue weighted by Crippen LogP contribution is 2.42. The fraction of sp³-hybridized carbons (Fsp3) is 0.971. The summed E-state index contributed by atoms with van der Waals surface area (Å²) in [5, 5.41) is 373. The molecule has 11 heterocycles. The number of ether oxygens (including phenoxy) is 21. The zero-order valence-corrected chi connectivity index (χ0v) is 67.7. The molecule has 0 spiro atoms. The molecule has 35 N–H and O–H groups in total. The minimum Gasteiger partial charge on any atom is -0.394 e. The maximum Gasteiger partial charge on any atom is 0.217 e. The summed E-state index contributed by atoms with van der Waals surface area (Å²) >= 11 is 0.